The third-order valence-electron chi connectivity index (χ3n) is 3.19. The highest BCUT2D eigenvalue weighted by Gasteiger charge is 2.15. The fraction of sp³-hybridized carbons (Fsp3) is 0.385. The molecule has 0 atom stereocenters. The molecule has 0 aliphatic heterocycles. The lowest BCUT2D eigenvalue weighted by Gasteiger charge is -2.01. The van der Waals surface area contributed by atoms with Gasteiger partial charge < -0.3 is 5.11 Å². The topological polar surface area (TPSA) is 50.9 Å². The summed E-state index contributed by atoms with van der Waals surface area (Å²) in [4.78, 5) is 1.56. The lowest BCUT2D eigenvalue weighted by molar-refractivity contribution is 0.467. The normalized spacial score (nSPS) is 15.3. The van der Waals surface area contributed by atoms with Crippen LogP contribution in [0.5, 0.6) is 5.75 Å². The van der Waals surface area contributed by atoms with Crippen LogP contribution < -0.4 is 0 Å². The highest BCUT2D eigenvalue weighted by molar-refractivity contribution is 5.43. The lowest BCUT2D eigenvalue weighted by Crippen LogP contribution is -2.00. The monoisotopic (exact) mass is 229 g/mol. The minimum Gasteiger partial charge on any atom is -0.506 e. The summed E-state index contributed by atoms with van der Waals surface area (Å²) in [5.41, 5.74) is 2.83. The first-order valence-corrected chi connectivity index (χ1v) is 6.08. The first-order valence-electron chi connectivity index (χ1n) is 6.08. The Labute approximate surface area is 99.9 Å². The van der Waals surface area contributed by atoms with Crippen molar-refractivity contribution in [1.29, 1.82) is 0 Å². The Balaban J connectivity index is 2.02. The second-order valence-corrected chi connectivity index (χ2v) is 4.43. The molecule has 0 bridgehead atoms. The van der Waals surface area contributed by atoms with E-state index in [9.17, 15) is 5.11 Å². The Kier molecular flexibility index (Phi) is 2.55. The fourth-order valence-electron chi connectivity index (χ4n) is 2.26. The van der Waals surface area contributed by atoms with E-state index in [1.807, 2.05) is 12.1 Å². The van der Waals surface area contributed by atoms with Crippen molar-refractivity contribution in [2.45, 2.75) is 32.1 Å². The molecule has 1 aromatic heterocycles. The second kappa shape index (κ2) is 4.20. The molecule has 0 radical (unpaired) electrons. The number of nitrogens with zero attached hydrogens (tertiary/aromatic N) is 3. The first kappa shape index (κ1) is 10.3. The highest BCUT2D eigenvalue weighted by Crippen LogP contribution is 2.22. The van der Waals surface area contributed by atoms with Crippen LogP contribution in [0, 0.1) is 0 Å². The summed E-state index contributed by atoms with van der Waals surface area (Å²) in [7, 11) is 0. The Hall–Kier alpha value is -1.84. The van der Waals surface area contributed by atoms with Crippen LogP contribution in [-0.4, -0.2) is 20.1 Å². The predicted octanol–water partition coefficient (Wildman–Crippen LogP) is 2.24. The van der Waals surface area contributed by atoms with Crippen molar-refractivity contribution < 1.29 is 5.11 Å². The molecular formula is C13H15N3O. The first-order chi connectivity index (χ1) is 8.34. The molecule has 1 N–H and O–H groups in total. The molecule has 1 aliphatic rings. The van der Waals surface area contributed by atoms with E-state index in [1.165, 1.54) is 19.3 Å². The van der Waals surface area contributed by atoms with Crippen molar-refractivity contribution in [2.24, 2.45) is 0 Å². The third-order valence-corrected chi connectivity index (χ3v) is 3.19. The molecule has 0 fully saturated rings. The van der Waals surface area contributed by atoms with Gasteiger partial charge >= 0.3 is 0 Å². The van der Waals surface area contributed by atoms with Gasteiger partial charge in [0.2, 0.25) is 0 Å². The molecule has 4 heteroatoms. The van der Waals surface area contributed by atoms with Gasteiger partial charge in [0.25, 0.3) is 0 Å². The smallest absolute Gasteiger partial charge is 0.143 e. The number of aryl methyl sites for hydroxylation is 2. The van der Waals surface area contributed by atoms with E-state index in [2.05, 4.69) is 10.2 Å². The van der Waals surface area contributed by atoms with Crippen LogP contribution in [0.1, 0.15) is 30.7 Å². The Morgan fingerprint density at radius 1 is 0.941 bits per heavy atom. The molecule has 1 aliphatic carbocycles. The van der Waals surface area contributed by atoms with E-state index >= 15 is 0 Å². The molecule has 0 saturated carbocycles. The Morgan fingerprint density at radius 3 is 2.24 bits per heavy atom. The number of hydrogen-bond acceptors (Lipinski definition) is 3. The molecule has 4 nitrogen and oxygen atoms in total. The number of phenols is 1. The van der Waals surface area contributed by atoms with Gasteiger partial charge in [0, 0.05) is 0 Å². The maximum atomic E-state index is 9.78. The van der Waals surface area contributed by atoms with Crippen molar-refractivity contribution in [2.75, 3.05) is 0 Å². The van der Waals surface area contributed by atoms with Crippen LogP contribution in [0.3, 0.4) is 0 Å². The maximum Gasteiger partial charge on any atom is 0.143 e. The zero-order valence-corrected chi connectivity index (χ0v) is 9.63. The van der Waals surface area contributed by atoms with Crippen LogP contribution in [0.2, 0.25) is 0 Å². The van der Waals surface area contributed by atoms with Crippen LogP contribution in [0.15, 0.2) is 24.3 Å². The number of hydrogen-bond donors (Lipinski definition) is 1. The Bertz CT molecular complexity index is 510. The van der Waals surface area contributed by atoms with Crippen molar-refractivity contribution >= 4 is 0 Å². The molecule has 88 valence electrons. The summed E-state index contributed by atoms with van der Waals surface area (Å²) in [5, 5.41) is 18.8. The zero-order valence-electron chi connectivity index (χ0n) is 9.63. The third kappa shape index (κ3) is 1.90. The standard InChI is InChI=1S/C13H15N3O/c17-13-9-5-4-8-12(13)16-14-10-6-2-1-3-7-11(10)15-16/h4-5,8-9,17H,1-3,6-7H2. The van der Waals surface area contributed by atoms with E-state index in [4.69, 9.17) is 0 Å². The quantitative estimate of drug-likeness (QED) is 0.763. The number of aromatic nitrogens is 3. The number of aromatic hydroxyl groups is 1. The van der Waals surface area contributed by atoms with Crippen LogP contribution in [0.25, 0.3) is 5.69 Å². The zero-order chi connectivity index (χ0) is 11.7. The summed E-state index contributed by atoms with van der Waals surface area (Å²) in [6, 6.07) is 7.16. The maximum absolute atomic E-state index is 9.78. The van der Waals surface area contributed by atoms with Crippen LogP contribution in [0.4, 0.5) is 0 Å². The number of rotatable bonds is 1. The van der Waals surface area contributed by atoms with Gasteiger partial charge in [-0.05, 0) is 37.8 Å². The van der Waals surface area contributed by atoms with Crippen molar-refractivity contribution in [3.63, 3.8) is 0 Å². The van der Waals surface area contributed by atoms with E-state index in [0.717, 1.165) is 24.2 Å². The number of phenolic OH excluding ortho intramolecular Hbond substituents is 1. The molecule has 0 spiro atoms. The molecular weight excluding hydrogens is 214 g/mol. The molecule has 0 saturated heterocycles. The molecule has 0 amide bonds. The van der Waals surface area contributed by atoms with Gasteiger partial charge in [-0.15, -0.1) is 4.80 Å². The minimum atomic E-state index is 0.220. The minimum absolute atomic E-state index is 0.220. The van der Waals surface area contributed by atoms with Gasteiger partial charge in [0.1, 0.15) is 11.4 Å². The predicted molar refractivity (Wildman–Crippen MR) is 64.3 cm³/mol. The van der Waals surface area contributed by atoms with Gasteiger partial charge in [0.15, 0.2) is 0 Å². The van der Waals surface area contributed by atoms with Gasteiger partial charge in [-0.1, -0.05) is 18.6 Å². The number of benzene rings is 1. The summed E-state index contributed by atoms with van der Waals surface area (Å²) in [6.07, 6.45) is 5.64. The van der Waals surface area contributed by atoms with Crippen molar-refractivity contribution in [3.05, 3.63) is 35.7 Å². The van der Waals surface area contributed by atoms with Gasteiger partial charge in [0.05, 0.1) is 11.4 Å². The molecule has 1 heterocycles. The van der Waals surface area contributed by atoms with Gasteiger partial charge in [-0.3, -0.25) is 0 Å². The number of fused-ring (bicyclic) bond motifs is 1. The Morgan fingerprint density at radius 2 is 1.59 bits per heavy atom. The van der Waals surface area contributed by atoms with Gasteiger partial charge in [-0.25, -0.2) is 0 Å². The van der Waals surface area contributed by atoms with E-state index in [-0.39, 0.29) is 5.75 Å². The molecule has 1 aromatic carbocycles. The second-order valence-electron chi connectivity index (χ2n) is 4.43. The SMILES string of the molecule is Oc1ccccc1-n1nc2c(n1)CCCCC2. The van der Waals surface area contributed by atoms with Crippen molar-refractivity contribution in [1.82, 2.24) is 15.0 Å². The molecule has 3 rings (SSSR count). The van der Waals surface area contributed by atoms with E-state index in [1.54, 1.807) is 16.9 Å². The van der Waals surface area contributed by atoms with Gasteiger partial charge in [-0.2, -0.15) is 10.2 Å². The number of para-hydroxylation sites is 2. The largest absolute Gasteiger partial charge is 0.506 e. The highest BCUT2D eigenvalue weighted by atomic mass is 16.3. The molecule has 2 aromatic rings. The average molecular weight is 229 g/mol. The molecule has 17 heavy (non-hydrogen) atoms. The van der Waals surface area contributed by atoms with Crippen LogP contribution in [-0.2, 0) is 12.8 Å². The lowest BCUT2D eigenvalue weighted by atomic mass is 10.2. The average Bonchev–Trinajstić information content (AvgIpc) is 2.61. The summed E-state index contributed by atoms with van der Waals surface area (Å²) in [6.45, 7) is 0. The van der Waals surface area contributed by atoms with Crippen LogP contribution >= 0.6 is 0 Å². The van der Waals surface area contributed by atoms with E-state index in [0.29, 0.717) is 5.69 Å². The fourth-order valence-corrected chi connectivity index (χ4v) is 2.26. The van der Waals surface area contributed by atoms with E-state index < -0.39 is 0 Å². The molecule has 0 unspecified atom stereocenters. The summed E-state index contributed by atoms with van der Waals surface area (Å²) < 4.78 is 0. The summed E-state index contributed by atoms with van der Waals surface area (Å²) in [5.74, 6) is 0.220. The summed E-state index contributed by atoms with van der Waals surface area (Å²) >= 11 is 0. The van der Waals surface area contributed by atoms with Crippen molar-refractivity contribution in [3.8, 4) is 11.4 Å².